The summed E-state index contributed by atoms with van der Waals surface area (Å²) in [5.41, 5.74) is 1.000. The predicted octanol–water partition coefficient (Wildman–Crippen LogP) is 2.69. The maximum atomic E-state index is 14.6. The van der Waals surface area contributed by atoms with Crippen molar-refractivity contribution < 1.29 is 18.7 Å². The minimum Gasteiger partial charge on any atom is -0.375 e. The highest BCUT2D eigenvalue weighted by Crippen LogP contribution is 2.26. The molecule has 2 amide bonds. The first kappa shape index (κ1) is 17.9. The minimum atomic E-state index is -0.338. The van der Waals surface area contributed by atoms with Crippen LogP contribution in [0.1, 0.15) is 20.8 Å². The smallest absolute Gasteiger partial charge is 0.322 e. The topological polar surface area (TPSA) is 54.0 Å². The molecule has 2 aliphatic rings. The van der Waals surface area contributed by atoms with Crippen molar-refractivity contribution in [3.05, 3.63) is 24.0 Å². The van der Waals surface area contributed by atoms with Crippen LogP contribution < -0.4 is 10.2 Å². The summed E-state index contributed by atoms with van der Waals surface area (Å²) >= 11 is 0. The Morgan fingerprint density at radius 3 is 2.52 bits per heavy atom. The van der Waals surface area contributed by atoms with Gasteiger partial charge in [-0.05, 0) is 39.0 Å². The summed E-state index contributed by atoms with van der Waals surface area (Å²) in [6.45, 7) is 8.80. The van der Waals surface area contributed by atoms with Crippen LogP contribution >= 0.6 is 0 Å². The predicted molar refractivity (Wildman–Crippen MR) is 94.6 cm³/mol. The zero-order chi connectivity index (χ0) is 18.0. The minimum absolute atomic E-state index is 0.0175. The van der Waals surface area contributed by atoms with E-state index < -0.39 is 0 Å². The summed E-state index contributed by atoms with van der Waals surface area (Å²) in [4.78, 5) is 16.0. The number of ether oxygens (including phenoxy) is 2. The van der Waals surface area contributed by atoms with Crippen molar-refractivity contribution >= 4 is 17.4 Å². The van der Waals surface area contributed by atoms with Gasteiger partial charge in [0.05, 0.1) is 30.6 Å². The van der Waals surface area contributed by atoms with Gasteiger partial charge in [0.25, 0.3) is 0 Å². The number of hydrogen-bond acceptors (Lipinski definition) is 4. The van der Waals surface area contributed by atoms with Gasteiger partial charge in [0, 0.05) is 31.9 Å². The number of morpholine rings is 2. The Balaban J connectivity index is 1.66. The third-order valence-electron chi connectivity index (χ3n) is 4.49. The molecule has 0 unspecified atom stereocenters. The maximum absolute atomic E-state index is 14.6. The molecule has 0 aromatic heterocycles. The second kappa shape index (κ2) is 7.58. The number of carbonyl (C=O) groups is 1. The fourth-order valence-electron chi connectivity index (χ4n) is 3.42. The number of rotatable bonds is 2. The number of nitrogens with one attached hydrogen (secondary N) is 1. The van der Waals surface area contributed by atoms with E-state index in [4.69, 9.17) is 9.47 Å². The molecule has 0 aliphatic carbocycles. The fraction of sp³-hybridized carbons (Fsp3) is 0.611. The van der Waals surface area contributed by atoms with Crippen LogP contribution in [0.2, 0.25) is 0 Å². The van der Waals surface area contributed by atoms with Crippen LogP contribution in [0.5, 0.6) is 0 Å². The van der Waals surface area contributed by atoms with Crippen molar-refractivity contribution in [3.8, 4) is 0 Å². The second-order valence-corrected chi connectivity index (χ2v) is 6.89. The molecular formula is C18H26FN3O3. The highest BCUT2D eigenvalue weighted by molar-refractivity contribution is 5.89. The molecule has 3 rings (SSSR count). The van der Waals surface area contributed by atoms with Crippen molar-refractivity contribution in [3.63, 3.8) is 0 Å². The third-order valence-corrected chi connectivity index (χ3v) is 4.49. The summed E-state index contributed by atoms with van der Waals surface area (Å²) in [5.74, 6) is -0.338. The van der Waals surface area contributed by atoms with Crippen LogP contribution in [0.3, 0.4) is 0 Å². The Kier molecular flexibility index (Phi) is 5.44. The van der Waals surface area contributed by atoms with Crippen molar-refractivity contribution in [2.24, 2.45) is 0 Å². The van der Waals surface area contributed by atoms with Gasteiger partial charge in [0.2, 0.25) is 0 Å². The molecule has 2 fully saturated rings. The van der Waals surface area contributed by atoms with Crippen LogP contribution in [0.25, 0.3) is 0 Å². The molecular weight excluding hydrogens is 325 g/mol. The molecule has 3 atom stereocenters. The van der Waals surface area contributed by atoms with Crippen LogP contribution in [-0.2, 0) is 9.47 Å². The lowest BCUT2D eigenvalue weighted by atomic mass is 10.2. The van der Waals surface area contributed by atoms with Gasteiger partial charge in [-0.2, -0.15) is 0 Å². The number of nitrogens with zero attached hydrogens (tertiary/aromatic N) is 2. The lowest BCUT2D eigenvalue weighted by Gasteiger charge is -2.37. The number of amides is 2. The molecule has 138 valence electrons. The van der Waals surface area contributed by atoms with Crippen LogP contribution in [0.15, 0.2) is 18.2 Å². The van der Waals surface area contributed by atoms with Gasteiger partial charge in [-0.1, -0.05) is 0 Å². The second-order valence-electron chi connectivity index (χ2n) is 6.89. The summed E-state index contributed by atoms with van der Waals surface area (Å²) in [6, 6.07) is 4.61. The molecule has 1 aromatic carbocycles. The van der Waals surface area contributed by atoms with Gasteiger partial charge in [0.1, 0.15) is 5.82 Å². The lowest BCUT2D eigenvalue weighted by molar-refractivity contribution is -0.00539. The first-order valence-electron chi connectivity index (χ1n) is 8.80. The summed E-state index contributed by atoms with van der Waals surface area (Å²) in [5, 5.41) is 2.77. The van der Waals surface area contributed by atoms with Crippen molar-refractivity contribution in [1.82, 2.24) is 4.90 Å². The van der Waals surface area contributed by atoms with Gasteiger partial charge in [-0.15, -0.1) is 0 Å². The van der Waals surface area contributed by atoms with Crippen molar-refractivity contribution in [2.75, 3.05) is 43.0 Å². The number of hydrogen-bond donors (Lipinski definition) is 1. The number of benzene rings is 1. The molecule has 0 saturated carbocycles. The summed E-state index contributed by atoms with van der Waals surface area (Å²) in [7, 11) is 0. The number of anilines is 2. The van der Waals surface area contributed by atoms with Crippen LogP contribution in [-0.4, -0.2) is 62.0 Å². The highest BCUT2D eigenvalue weighted by Gasteiger charge is 2.25. The fourth-order valence-corrected chi connectivity index (χ4v) is 3.42. The Morgan fingerprint density at radius 1 is 1.16 bits per heavy atom. The molecule has 6 nitrogen and oxygen atoms in total. The van der Waals surface area contributed by atoms with E-state index in [1.807, 2.05) is 25.7 Å². The van der Waals surface area contributed by atoms with E-state index in [-0.39, 0.29) is 30.2 Å². The number of carbonyl (C=O) groups excluding carboxylic acids is 1. The average molecular weight is 351 g/mol. The van der Waals surface area contributed by atoms with E-state index >= 15 is 0 Å². The molecule has 0 radical (unpaired) electrons. The molecule has 1 aromatic rings. The summed E-state index contributed by atoms with van der Waals surface area (Å²) in [6.07, 6.45) is 0.139. The van der Waals surface area contributed by atoms with Gasteiger partial charge in [-0.25, -0.2) is 9.18 Å². The first-order valence-corrected chi connectivity index (χ1v) is 8.80. The monoisotopic (exact) mass is 351 g/mol. The standard InChI is InChI=1S/C18H26FN3O3/c1-12-9-21(6-7-24-12)18(23)20-15-4-5-17(16(19)8-15)22-10-13(2)25-14(3)11-22/h4-5,8,12-14H,6-7,9-11H2,1-3H3,(H,20,23)/t12-,13-,14+/m0/s1. The molecule has 2 aliphatic heterocycles. The largest absolute Gasteiger partial charge is 0.375 e. The summed E-state index contributed by atoms with van der Waals surface area (Å²) < 4.78 is 25.7. The van der Waals surface area contributed by atoms with Gasteiger partial charge < -0.3 is 24.6 Å². The SMILES string of the molecule is C[C@@H]1CN(c2ccc(NC(=O)N3CCO[C@@H](C)C3)cc2F)C[C@H](C)O1. The quantitative estimate of drug-likeness (QED) is 0.890. The molecule has 1 N–H and O–H groups in total. The third kappa shape index (κ3) is 4.41. The Bertz CT molecular complexity index is 618. The van der Waals surface area contributed by atoms with Crippen molar-refractivity contribution in [1.29, 1.82) is 0 Å². The molecule has 25 heavy (non-hydrogen) atoms. The molecule has 2 heterocycles. The Hall–Kier alpha value is -1.86. The van der Waals surface area contributed by atoms with E-state index in [9.17, 15) is 9.18 Å². The highest BCUT2D eigenvalue weighted by atomic mass is 19.1. The van der Waals surface area contributed by atoms with Gasteiger partial charge in [-0.3, -0.25) is 0 Å². The zero-order valence-electron chi connectivity index (χ0n) is 15.0. The van der Waals surface area contributed by atoms with Crippen LogP contribution in [0, 0.1) is 5.82 Å². The zero-order valence-corrected chi connectivity index (χ0v) is 15.0. The van der Waals surface area contributed by atoms with Gasteiger partial charge in [0.15, 0.2) is 0 Å². The average Bonchev–Trinajstić information content (AvgIpc) is 2.54. The van der Waals surface area contributed by atoms with E-state index in [0.29, 0.717) is 44.2 Å². The van der Waals surface area contributed by atoms with Crippen molar-refractivity contribution in [2.45, 2.75) is 39.1 Å². The van der Waals surface area contributed by atoms with E-state index in [1.165, 1.54) is 6.07 Å². The molecule has 0 spiro atoms. The normalized spacial score (nSPS) is 27.3. The lowest BCUT2D eigenvalue weighted by Crippen LogP contribution is -2.46. The van der Waals surface area contributed by atoms with E-state index in [2.05, 4.69) is 5.32 Å². The maximum Gasteiger partial charge on any atom is 0.322 e. The van der Waals surface area contributed by atoms with E-state index in [0.717, 1.165) is 0 Å². The Morgan fingerprint density at radius 2 is 1.88 bits per heavy atom. The van der Waals surface area contributed by atoms with Crippen LogP contribution in [0.4, 0.5) is 20.6 Å². The number of urea groups is 1. The first-order chi connectivity index (χ1) is 11.9. The van der Waals surface area contributed by atoms with Gasteiger partial charge >= 0.3 is 6.03 Å². The molecule has 0 bridgehead atoms. The number of halogens is 1. The Labute approximate surface area is 147 Å². The molecule has 7 heteroatoms. The molecule has 2 saturated heterocycles. The van der Waals surface area contributed by atoms with E-state index in [1.54, 1.807) is 17.0 Å².